The van der Waals surface area contributed by atoms with Gasteiger partial charge >= 0.3 is 324 Å². The van der Waals surface area contributed by atoms with Crippen LogP contribution in [0, 0.1) is 0 Å². The Morgan fingerprint density at radius 1 is 0.460 bits per heavy atom. The molecule has 0 amide bonds. The van der Waals surface area contributed by atoms with Gasteiger partial charge in [-0.15, -0.1) is 0 Å². The Morgan fingerprint density at radius 3 is 1.14 bits per heavy atom. The third kappa shape index (κ3) is 8.86. The van der Waals surface area contributed by atoms with Crippen molar-refractivity contribution in [3.8, 4) is 0 Å². The first-order valence-electron chi connectivity index (χ1n) is 20.1. The van der Waals surface area contributed by atoms with Gasteiger partial charge in [-0.3, -0.25) is 0 Å². The average molecular weight is 844 g/mol. The molecule has 1 heterocycles. The van der Waals surface area contributed by atoms with E-state index < -0.39 is 62.3 Å². The molecule has 2 atom stereocenters. The van der Waals surface area contributed by atoms with Crippen LogP contribution in [0.5, 0.6) is 0 Å². The molecule has 2 aromatic carbocycles. The van der Waals surface area contributed by atoms with E-state index >= 15 is 0 Å². The van der Waals surface area contributed by atoms with Gasteiger partial charge in [-0.25, -0.2) is 0 Å². The number of hydrogen-bond donors (Lipinski definition) is 0. The maximum absolute atomic E-state index is 8.36. The normalized spacial score (nSPS) is 19.7. The average Bonchev–Trinajstić information content (AvgIpc) is 2.81. The summed E-state index contributed by atoms with van der Waals surface area (Å²) >= 11 is -3.55. The fourth-order valence-electron chi connectivity index (χ4n) is 11.0. The molecule has 0 unspecified atom stereocenters. The molecule has 1 nitrogen and oxygen atoms in total. The minimum absolute atomic E-state index is 0.468. The van der Waals surface area contributed by atoms with Crippen molar-refractivity contribution in [1.29, 1.82) is 0 Å². The molecule has 0 saturated heterocycles. The zero-order valence-corrected chi connectivity index (χ0v) is 45.8. The molecule has 3 rings (SSSR count). The van der Waals surface area contributed by atoms with Crippen LogP contribution in [-0.4, -0.2) is 62.3 Å². The van der Waals surface area contributed by atoms with Gasteiger partial charge in [0.2, 0.25) is 0 Å². The molecule has 0 N–H and O–H groups in total. The minimum atomic E-state index is -3.55. The van der Waals surface area contributed by atoms with Crippen LogP contribution in [0.2, 0.25) is 118 Å². The molecule has 0 fully saturated rings. The number of hydrogen-bond acceptors (Lipinski definition) is 1. The second-order valence-corrected chi connectivity index (χ2v) is 64.7. The Bertz CT molecular complexity index is 1480. The SMILES string of the molecule is CC(C)c1cc(C(C)C)[c]([Ge@]2([O][Si](C)(C)C)[c]3c(C([Si](C)(C)C)[Si](C)(C)C)cc(C([Si](C)(C)C)[Si](C)(C)C)cc3[C@@H]2[Si](C)(C)C)c(C(C)C)c1. The van der Waals surface area contributed by atoms with Crippen LogP contribution in [0.4, 0.5) is 0 Å². The van der Waals surface area contributed by atoms with E-state index in [2.05, 4.69) is 184 Å². The van der Waals surface area contributed by atoms with Crippen molar-refractivity contribution in [2.45, 2.75) is 192 Å². The Hall–Kier alpha value is 0.244. The van der Waals surface area contributed by atoms with Crippen LogP contribution >= 0.6 is 0 Å². The van der Waals surface area contributed by atoms with E-state index in [1.54, 1.807) is 26.6 Å². The van der Waals surface area contributed by atoms with Crippen LogP contribution < -0.4 is 8.79 Å². The summed E-state index contributed by atoms with van der Waals surface area (Å²) in [5.41, 5.74) is 10.1. The molecular weight excluding hydrogens is 762 g/mol. The van der Waals surface area contributed by atoms with E-state index in [4.69, 9.17) is 3.45 Å². The summed E-state index contributed by atoms with van der Waals surface area (Å²) in [4.78, 5) is 0. The monoisotopic (exact) mass is 844 g/mol. The molecule has 0 spiro atoms. The molecule has 1 aliphatic rings. The molecule has 0 radical (unpaired) electrons. The Balaban J connectivity index is 2.86. The predicted molar refractivity (Wildman–Crippen MR) is 250 cm³/mol. The van der Waals surface area contributed by atoms with Crippen molar-refractivity contribution in [2.75, 3.05) is 0 Å². The van der Waals surface area contributed by atoms with Gasteiger partial charge in [0.1, 0.15) is 0 Å². The van der Waals surface area contributed by atoms with Crippen molar-refractivity contribution in [1.82, 2.24) is 0 Å². The summed E-state index contributed by atoms with van der Waals surface area (Å²) in [5.74, 6) is 1.45. The van der Waals surface area contributed by atoms with Gasteiger partial charge in [-0.05, 0) is 0 Å². The topological polar surface area (TPSA) is 9.23 Å². The molecule has 1 aliphatic heterocycles. The summed E-state index contributed by atoms with van der Waals surface area (Å²) < 4.78 is 12.5. The van der Waals surface area contributed by atoms with E-state index in [1.807, 2.05) is 9.96 Å². The van der Waals surface area contributed by atoms with Gasteiger partial charge in [0, 0.05) is 0 Å². The van der Waals surface area contributed by atoms with E-state index in [-0.39, 0.29) is 0 Å². The molecule has 0 saturated carbocycles. The van der Waals surface area contributed by atoms with Gasteiger partial charge in [0.05, 0.1) is 0 Å². The second kappa shape index (κ2) is 14.4. The van der Waals surface area contributed by atoms with Crippen molar-refractivity contribution in [3.63, 3.8) is 0 Å². The predicted octanol–water partition coefficient (Wildman–Crippen LogP) is 13.2. The summed E-state index contributed by atoms with van der Waals surface area (Å²) in [6.45, 7) is 62.5. The second-order valence-electron chi connectivity index (χ2n) is 23.7. The first-order valence-corrected chi connectivity index (χ1v) is 45.6. The third-order valence-electron chi connectivity index (χ3n) is 11.3. The van der Waals surface area contributed by atoms with E-state index in [1.165, 1.54) is 5.56 Å². The number of fused-ring (bicyclic) bond motifs is 1. The molecule has 8 heteroatoms. The molecule has 0 aliphatic carbocycles. The first-order chi connectivity index (χ1) is 22.1. The third-order valence-corrected chi connectivity index (χ3v) is 54.2. The van der Waals surface area contributed by atoms with Gasteiger partial charge in [0.25, 0.3) is 0 Å². The molecule has 0 aromatic heterocycles. The first kappa shape index (κ1) is 44.6. The van der Waals surface area contributed by atoms with Crippen LogP contribution in [0.1, 0.15) is 107 Å². The Kier molecular flexibility index (Phi) is 12.8. The fraction of sp³-hybridized carbons (Fsp3) is 0.714. The van der Waals surface area contributed by atoms with Gasteiger partial charge < -0.3 is 0 Å². The zero-order chi connectivity index (χ0) is 39.1. The fourth-order valence-corrected chi connectivity index (χ4v) is 67.8. The quantitative estimate of drug-likeness (QED) is 0.183. The van der Waals surface area contributed by atoms with Crippen LogP contribution in [-0.2, 0) is 3.45 Å². The van der Waals surface area contributed by atoms with Gasteiger partial charge in [0.15, 0.2) is 0 Å². The molecule has 0 bridgehead atoms. The molecular formula is C42H82GeOSi6. The van der Waals surface area contributed by atoms with Crippen LogP contribution in [0.25, 0.3) is 0 Å². The van der Waals surface area contributed by atoms with Crippen molar-refractivity contribution < 1.29 is 3.45 Å². The summed E-state index contributed by atoms with van der Waals surface area (Å²) in [6, 6.07) is 11.1. The van der Waals surface area contributed by atoms with E-state index in [9.17, 15) is 0 Å². The molecule has 50 heavy (non-hydrogen) atoms. The Morgan fingerprint density at radius 2 is 0.840 bits per heavy atom. The van der Waals surface area contributed by atoms with Crippen molar-refractivity contribution in [2.24, 2.45) is 0 Å². The molecule has 2 aromatic rings. The van der Waals surface area contributed by atoms with Gasteiger partial charge in [-0.1, -0.05) is 0 Å². The maximum atomic E-state index is 8.36. The van der Waals surface area contributed by atoms with E-state index in [0.717, 1.165) is 5.16 Å². The van der Waals surface area contributed by atoms with Gasteiger partial charge in [-0.2, -0.15) is 0 Å². The Labute approximate surface area is 321 Å². The summed E-state index contributed by atoms with van der Waals surface area (Å²) in [5, 5.41) is 1.44. The molecule has 284 valence electrons. The summed E-state index contributed by atoms with van der Waals surface area (Å²) in [7, 11) is -10.1. The number of benzene rings is 2. The standard InChI is InChI=1S/C42H82GeOSi6/c1-29(2)32-25-34(30(3)4)38(35(26-32)31(5)6)43(44-50(22,23)24)39-36(40(43)45(7,8)9)27-33(41(46(10,11)12)47(13,14)15)28-37(39)42(48(16,17)18)49(19,20)21/h25-31,40-42H,1-24H3/t40-,43-/m0/s1. The number of rotatable bonds is 13. The van der Waals surface area contributed by atoms with E-state index in [0.29, 0.717) is 27.3 Å². The zero-order valence-electron chi connectivity index (χ0n) is 37.7. The van der Waals surface area contributed by atoms with Crippen LogP contribution in [0.3, 0.4) is 0 Å². The van der Waals surface area contributed by atoms with Crippen molar-refractivity contribution in [3.05, 3.63) is 57.6 Å². The van der Waals surface area contributed by atoms with Crippen molar-refractivity contribution >= 4 is 71.1 Å². The summed E-state index contributed by atoms with van der Waals surface area (Å²) in [6.07, 6.45) is 0. The van der Waals surface area contributed by atoms with Crippen LogP contribution in [0.15, 0.2) is 24.3 Å².